The van der Waals surface area contributed by atoms with Crippen LogP contribution >= 0.6 is 11.6 Å². The van der Waals surface area contributed by atoms with Gasteiger partial charge >= 0.3 is 5.97 Å². The highest BCUT2D eigenvalue weighted by atomic mass is 35.5. The van der Waals surface area contributed by atoms with E-state index in [4.69, 9.17) is 11.6 Å². The van der Waals surface area contributed by atoms with E-state index in [1.165, 1.54) is 5.56 Å². The summed E-state index contributed by atoms with van der Waals surface area (Å²) >= 11 is 6.22. The second-order valence-electron chi connectivity index (χ2n) is 4.80. The Morgan fingerprint density at radius 3 is 2.68 bits per heavy atom. The average Bonchev–Trinajstić information content (AvgIpc) is 2.42. The van der Waals surface area contributed by atoms with Crippen molar-refractivity contribution in [3.63, 3.8) is 0 Å². The number of aryl methyl sites for hydroxylation is 1. The molecule has 1 aromatic carbocycles. The average molecular weight is 277 g/mol. The summed E-state index contributed by atoms with van der Waals surface area (Å²) in [6, 6.07) is 10.2. The van der Waals surface area contributed by atoms with E-state index < -0.39 is 10.8 Å². The number of hydrogen-bond acceptors (Lipinski definition) is 1. The zero-order valence-corrected chi connectivity index (χ0v) is 11.4. The van der Waals surface area contributed by atoms with Crippen molar-refractivity contribution in [3.05, 3.63) is 60.2 Å². The van der Waals surface area contributed by atoms with Gasteiger partial charge < -0.3 is 5.11 Å². The Bertz CT molecular complexity index is 493. The summed E-state index contributed by atoms with van der Waals surface area (Å²) < 4.78 is 0. The van der Waals surface area contributed by atoms with Crippen LogP contribution in [-0.4, -0.2) is 16.0 Å². The molecule has 0 radical (unpaired) electrons. The second kappa shape index (κ2) is 6.07. The summed E-state index contributed by atoms with van der Waals surface area (Å²) in [5.74, 6) is -1.13. The van der Waals surface area contributed by atoms with E-state index in [2.05, 4.69) is 12.1 Å². The molecule has 0 saturated carbocycles. The van der Waals surface area contributed by atoms with Gasteiger partial charge in [-0.05, 0) is 24.8 Å². The number of carboxylic acid groups (broad SMARTS) is 1. The number of allylic oxidation sites excluding steroid dienone is 3. The molecule has 100 valence electrons. The summed E-state index contributed by atoms with van der Waals surface area (Å²) in [4.78, 5) is 10.0. The molecular weight excluding hydrogens is 260 g/mol. The lowest BCUT2D eigenvalue weighted by Crippen LogP contribution is -2.38. The van der Waals surface area contributed by atoms with Gasteiger partial charge in [0.2, 0.25) is 0 Å². The van der Waals surface area contributed by atoms with Crippen molar-refractivity contribution < 1.29 is 9.90 Å². The first kappa shape index (κ1) is 13.9. The molecule has 0 amide bonds. The van der Waals surface area contributed by atoms with E-state index in [1.54, 1.807) is 12.2 Å². The van der Waals surface area contributed by atoms with Crippen molar-refractivity contribution in [1.82, 2.24) is 0 Å². The molecule has 0 fully saturated rings. The molecule has 2 nitrogen and oxygen atoms in total. The molecule has 0 aromatic heterocycles. The van der Waals surface area contributed by atoms with Gasteiger partial charge in [0.15, 0.2) is 4.87 Å². The largest absolute Gasteiger partial charge is 0.480 e. The highest BCUT2D eigenvalue weighted by Gasteiger charge is 2.41. The van der Waals surface area contributed by atoms with Crippen molar-refractivity contribution in [1.29, 1.82) is 0 Å². The van der Waals surface area contributed by atoms with Crippen LogP contribution in [0.3, 0.4) is 0 Å². The first-order valence-corrected chi connectivity index (χ1v) is 6.83. The minimum absolute atomic E-state index is 0.152. The third-order valence-corrected chi connectivity index (χ3v) is 4.05. The molecule has 0 aliphatic heterocycles. The Labute approximate surface area is 118 Å². The van der Waals surface area contributed by atoms with Crippen LogP contribution in [0.2, 0.25) is 0 Å². The van der Waals surface area contributed by atoms with Crippen LogP contribution in [0.15, 0.2) is 54.6 Å². The lowest BCUT2D eigenvalue weighted by atomic mass is 9.83. The fraction of sp³-hybridized carbons (Fsp3) is 0.312. The van der Waals surface area contributed by atoms with E-state index in [0.717, 1.165) is 19.3 Å². The molecular formula is C16H17ClO2. The van der Waals surface area contributed by atoms with Gasteiger partial charge in [0.1, 0.15) is 0 Å². The van der Waals surface area contributed by atoms with Crippen molar-refractivity contribution in [2.45, 2.75) is 24.1 Å². The van der Waals surface area contributed by atoms with E-state index in [-0.39, 0.29) is 5.92 Å². The number of carboxylic acids is 1. The second-order valence-corrected chi connectivity index (χ2v) is 5.43. The summed E-state index contributed by atoms with van der Waals surface area (Å²) in [6.45, 7) is 0. The fourth-order valence-corrected chi connectivity index (χ4v) is 2.62. The number of benzene rings is 1. The lowest BCUT2D eigenvalue weighted by Gasteiger charge is -2.28. The predicted molar refractivity (Wildman–Crippen MR) is 77.4 cm³/mol. The van der Waals surface area contributed by atoms with Gasteiger partial charge in [0.05, 0.1) is 0 Å². The minimum Gasteiger partial charge on any atom is -0.480 e. The third kappa shape index (κ3) is 3.27. The number of carbonyl (C=O) groups is 1. The summed E-state index contributed by atoms with van der Waals surface area (Å²) in [5.41, 5.74) is 1.27. The van der Waals surface area contributed by atoms with Gasteiger partial charge in [0, 0.05) is 5.92 Å². The quantitative estimate of drug-likeness (QED) is 0.830. The summed E-state index contributed by atoms with van der Waals surface area (Å²) in [7, 11) is 0. The maximum atomic E-state index is 11.3. The number of halogens is 1. The molecule has 1 aliphatic rings. The lowest BCUT2D eigenvalue weighted by molar-refractivity contribution is -0.139. The molecule has 2 rings (SSSR count). The molecule has 2 atom stereocenters. The van der Waals surface area contributed by atoms with Gasteiger partial charge in [0.25, 0.3) is 0 Å². The Kier molecular flexibility index (Phi) is 4.43. The molecule has 0 saturated heterocycles. The van der Waals surface area contributed by atoms with Crippen LogP contribution in [0.1, 0.15) is 18.4 Å². The molecule has 1 aliphatic carbocycles. The normalized spacial score (nSPS) is 25.4. The standard InChI is InChI=1S/C16H17ClO2/c17-16(15(18)19)12-5-4-10-14(16)11-6-9-13-7-2-1-3-8-13/h1-5,7-8,10,12,14H,6,9,11H2,(H,18,19). The van der Waals surface area contributed by atoms with Crippen LogP contribution in [-0.2, 0) is 11.2 Å². The molecule has 19 heavy (non-hydrogen) atoms. The topological polar surface area (TPSA) is 37.3 Å². The van der Waals surface area contributed by atoms with Crippen molar-refractivity contribution in [3.8, 4) is 0 Å². The van der Waals surface area contributed by atoms with Crippen molar-refractivity contribution in [2.75, 3.05) is 0 Å². The SMILES string of the molecule is O=C(O)C1(Cl)C=CC=CC1CCCc1ccccc1. The van der Waals surface area contributed by atoms with Gasteiger partial charge in [-0.1, -0.05) is 54.6 Å². The van der Waals surface area contributed by atoms with Crippen molar-refractivity contribution in [2.24, 2.45) is 5.92 Å². The smallest absolute Gasteiger partial charge is 0.329 e. The van der Waals surface area contributed by atoms with Crippen LogP contribution in [0.5, 0.6) is 0 Å². The highest BCUT2D eigenvalue weighted by Crippen LogP contribution is 2.35. The highest BCUT2D eigenvalue weighted by molar-refractivity contribution is 6.35. The van der Waals surface area contributed by atoms with E-state index in [9.17, 15) is 9.90 Å². The molecule has 0 heterocycles. The Morgan fingerprint density at radius 2 is 2.00 bits per heavy atom. The van der Waals surface area contributed by atoms with Gasteiger partial charge in [-0.15, -0.1) is 11.6 Å². The maximum absolute atomic E-state index is 11.3. The molecule has 0 bridgehead atoms. The zero-order chi connectivity index (χ0) is 13.7. The van der Waals surface area contributed by atoms with Crippen LogP contribution in [0, 0.1) is 5.92 Å². The van der Waals surface area contributed by atoms with Gasteiger partial charge in [-0.3, -0.25) is 0 Å². The Morgan fingerprint density at radius 1 is 1.26 bits per heavy atom. The van der Waals surface area contributed by atoms with E-state index >= 15 is 0 Å². The predicted octanol–water partition coefficient (Wildman–Crippen LogP) is 3.81. The first-order chi connectivity index (χ1) is 9.13. The molecule has 1 N–H and O–H groups in total. The summed E-state index contributed by atoms with van der Waals surface area (Å²) in [5, 5.41) is 9.27. The minimum atomic E-state index is -1.29. The molecule has 1 aromatic rings. The van der Waals surface area contributed by atoms with E-state index in [0.29, 0.717) is 0 Å². The van der Waals surface area contributed by atoms with E-state index in [1.807, 2.05) is 30.4 Å². The van der Waals surface area contributed by atoms with Crippen LogP contribution in [0.4, 0.5) is 0 Å². The third-order valence-electron chi connectivity index (χ3n) is 3.48. The number of aliphatic carboxylic acids is 1. The Hall–Kier alpha value is -1.54. The van der Waals surface area contributed by atoms with Crippen LogP contribution < -0.4 is 0 Å². The van der Waals surface area contributed by atoms with Crippen LogP contribution in [0.25, 0.3) is 0 Å². The zero-order valence-electron chi connectivity index (χ0n) is 10.6. The Balaban J connectivity index is 1.93. The molecule has 0 spiro atoms. The monoisotopic (exact) mass is 276 g/mol. The fourth-order valence-electron chi connectivity index (χ4n) is 2.36. The maximum Gasteiger partial charge on any atom is 0.329 e. The number of alkyl halides is 1. The molecule has 2 unspecified atom stereocenters. The summed E-state index contributed by atoms with van der Waals surface area (Å²) in [6.07, 6.45) is 9.68. The number of rotatable bonds is 5. The molecule has 3 heteroatoms. The van der Waals surface area contributed by atoms with Crippen molar-refractivity contribution >= 4 is 17.6 Å². The first-order valence-electron chi connectivity index (χ1n) is 6.45. The number of hydrogen-bond donors (Lipinski definition) is 1. The van der Waals surface area contributed by atoms with Gasteiger partial charge in [-0.25, -0.2) is 4.79 Å². The van der Waals surface area contributed by atoms with Gasteiger partial charge in [-0.2, -0.15) is 0 Å².